The van der Waals surface area contributed by atoms with Crippen molar-refractivity contribution in [3.63, 3.8) is 0 Å². The van der Waals surface area contributed by atoms with Gasteiger partial charge < -0.3 is 20.1 Å². The van der Waals surface area contributed by atoms with Crippen LogP contribution in [-0.2, 0) is 17.8 Å². The Labute approximate surface area is 162 Å². The molecule has 1 atom stereocenters. The Kier molecular flexibility index (Phi) is 6.04. The fraction of sp³-hybridized carbons (Fsp3) is 0.350. The van der Waals surface area contributed by atoms with Crippen molar-refractivity contribution >= 4 is 27.5 Å². The third-order valence-corrected chi connectivity index (χ3v) is 4.68. The molecule has 0 saturated carbocycles. The smallest absolute Gasteiger partial charge is 0.239 e. The Bertz CT molecular complexity index is 777. The molecule has 2 aromatic carbocycles. The molecule has 138 valence electrons. The molecule has 0 saturated heterocycles. The van der Waals surface area contributed by atoms with Gasteiger partial charge in [-0.25, -0.2) is 0 Å². The standard InChI is InChI=1S/C20H23BrN2O3/c1-3-25-18-9-14-8-13(2)26-19(14)10-15(18)11-23-20(24)12-22-17-6-4-16(21)5-7-17/h4-7,9-10,13,22H,3,8,11-12H2,1-2H3,(H,23,24)/t13-/m0/s1. The van der Waals surface area contributed by atoms with Gasteiger partial charge in [0, 0.05) is 34.3 Å². The topological polar surface area (TPSA) is 59.6 Å². The Morgan fingerprint density at radius 2 is 2.08 bits per heavy atom. The average Bonchev–Trinajstić information content (AvgIpc) is 2.98. The summed E-state index contributed by atoms with van der Waals surface area (Å²) in [4.78, 5) is 12.2. The minimum atomic E-state index is -0.0786. The first-order valence-electron chi connectivity index (χ1n) is 8.76. The predicted octanol–water partition coefficient (Wildman–Crippen LogP) is 3.90. The molecular formula is C20H23BrN2O3. The summed E-state index contributed by atoms with van der Waals surface area (Å²) < 4.78 is 12.6. The molecule has 0 aromatic heterocycles. The fourth-order valence-electron chi connectivity index (χ4n) is 2.92. The normalized spacial score (nSPS) is 15.1. The molecule has 0 radical (unpaired) electrons. The molecule has 6 heteroatoms. The van der Waals surface area contributed by atoms with Crippen LogP contribution >= 0.6 is 15.9 Å². The van der Waals surface area contributed by atoms with Crippen molar-refractivity contribution in [1.29, 1.82) is 0 Å². The molecule has 3 rings (SSSR count). The number of fused-ring (bicyclic) bond motifs is 1. The van der Waals surface area contributed by atoms with Gasteiger partial charge in [0.2, 0.25) is 5.91 Å². The lowest BCUT2D eigenvalue weighted by Crippen LogP contribution is -2.29. The number of amides is 1. The SMILES string of the molecule is CCOc1cc2c(cc1CNC(=O)CNc1ccc(Br)cc1)O[C@@H](C)C2. The highest BCUT2D eigenvalue weighted by atomic mass is 79.9. The molecule has 0 aliphatic carbocycles. The summed E-state index contributed by atoms with van der Waals surface area (Å²) in [6, 6.07) is 11.7. The summed E-state index contributed by atoms with van der Waals surface area (Å²) >= 11 is 3.39. The van der Waals surface area contributed by atoms with Crippen LogP contribution in [0.3, 0.4) is 0 Å². The summed E-state index contributed by atoms with van der Waals surface area (Å²) in [5.41, 5.74) is 2.99. The van der Waals surface area contributed by atoms with E-state index in [0.717, 1.165) is 39.2 Å². The van der Waals surface area contributed by atoms with Crippen LogP contribution in [0.25, 0.3) is 0 Å². The van der Waals surface area contributed by atoms with Crippen molar-refractivity contribution in [2.45, 2.75) is 32.9 Å². The van der Waals surface area contributed by atoms with Gasteiger partial charge in [-0.2, -0.15) is 0 Å². The molecule has 2 aromatic rings. The van der Waals surface area contributed by atoms with Crippen molar-refractivity contribution in [3.8, 4) is 11.5 Å². The van der Waals surface area contributed by atoms with Gasteiger partial charge in [0.25, 0.3) is 0 Å². The van der Waals surface area contributed by atoms with Crippen LogP contribution in [0, 0.1) is 0 Å². The molecule has 0 fully saturated rings. The molecule has 1 aliphatic rings. The van der Waals surface area contributed by atoms with Crippen molar-refractivity contribution in [2.75, 3.05) is 18.5 Å². The summed E-state index contributed by atoms with van der Waals surface area (Å²) in [7, 11) is 0. The molecule has 1 heterocycles. The molecule has 1 aliphatic heterocycles. The van der Waals surface area contributed by atoms with Crippen LogP contribution in [0.4, 0.5) is 5.69 Å². The maximum absolute atomic E-state index is 12.2. The van der Waals surface area contributed by atoms with E-state index in [1.54, 1.807) is 0 Å². The van der Waals surface area contributed by atoms with Crippen LogP contribution < -0.4 is 20.1 Å². The summed E-state index contributed by atoms with van der Waals surface area (Å²) in [5, 5.41) is 6.04. The quantitative estimate of drug-likeness (QED) is 0.715. The van der Waals surface area contributed by atoms with Gasteiger partial charge in [-0.1, -0.05) is 15.9 Å². The van der Waals surface area contributed by atoms with Crippen LogP contribution in [0.2, 0.25) is 0 Å². The number of anilines is 1. The fourth-order valence-corrected chi connectivity index (χ4v) is 3.18. The van der Waals surface area contributed by atoms with Gasteiger partial charge in [-0.15, -0.1) is 0 Å². The van der Waals surface area contributed by atoms with Crippen LogP contribution in [0.15, 0.2) is 40.9 Å². The summed E-state index contributed by atoms with van der Waals surface area (Å²) in [6.45, 7) is 5.21. The highest BCUT2D eigenvalue weighted by Gasteiger charge is 2.22. The lowest BCUT2D eigenvalue weighted by molar-refractivity contribution is -0.119. The van der Waals surface area contributed by atoms with Crippen LogP contribution in [0.5, 0.6) is 11.5 Å². The zero-order valence-corrected chi connectivity index (χ0v) is 16.6. The van der Waals surface area contributed by atoms with E-state index in [1.807, 2.05) is 43.3 Å². The summed E-state index contributed by atoms with van der Waals surface area (Å²) in [5.74, 6) is 1.62. The van der Waals surface area contributed by atoms with Crippen LogP contribution in [0.1, 0.15) is 25.0 Å². The second-order valence-electron chi connectivity index (χ2n) is 6.27. The summed E-state index contributed by atoms with van der Waals surface area (Å²) in [6.07, 6.45) is 1.07. The number of hydrogen-bond donors (Lipinski definition) is 2. The van der Waals surface area contributed by atoms with E-state index in [0.29, 0.717) is 13.2 Å². The van der Waals surface area contributed by atoms with E-state index < -0.39 is 0 Å². The number of benzene rings is 2. The first-order chi connectivity index (χ1) is 12.5. The number of rotatable bonds is 7. The van der Waals surface area contributed by atoms with Crippen molar-refractivity contribution in [2.24, 2.45) is 0 Å². The van der Waals surface area contributed by atoms with Crippen molar-refractivity contribution in [3.05, 3.63) is 52.0 Å². The molecule has 5 nitrogen and oxygen atoms in total. The molecular weight excluding hydrogens is 396 g/mol. The molecule has 26 heavy (non-hydrogen) atoms. The van der Waals surface area contributed by atoms with E-state index in [-0.39, 0.29) is 18.6 Å². The Morgan fingerprint density at radius 3 is 2.81 bits per heavy atom. The van der Waals surface area contributed by atoms with Gasteiger partial charge in [-0.3, -0.25) is 4.79 Å². The Morgan fingerprint density at radius 1 is 1.31 bits per heavy atom. The van der Waals surface area contributed by atoms with Gasteiger partial charge in [0.15, 0.2) is 0 Å². The third-order valence-electron chi connectivity index (χ3n) is 4.15. The number of nitrogens with one attached hydrogen (secondary N) is 2. The Balaban J connectivity index is 1.58. The lowest BCUT2D eigenvalue weighted by atomic mass is 10.1. The first kappa shape index (κ1) is 18.6. The van der Waals surface area contributed by atoms with Gasteiger partial charge in [-0.05, 0) is 50.2 Å². The highest BCUT2D eigenvalue weighted by molar-refractivity contribution is 9.10. The number of carbonyl (C=O) groups excluding carboxylic acids is 1. The second-order valence-corrected chi connectivity index (χ2v) is 7.19. The van der Waals surface area contributed by atoms with Gasteiger partial charge in [0.1, 0.15) is 17.6 Å². The zero-order chi connectivity index (χ0) is 18.5. The molecule has 1 amide bonds. The predicted molar refractivity (Wildman–Crippen MR) is 106 cm³/mol. The van der Waals surface area contributed by atoms with E-state index >= 15 is 0 Å². The van der Waals surface area contributed by atoms with Crippen LogP contribution in [-0.4, -0.2) is 25.2 Å². The third kappa shape index (κ3) is 4.69. The number of ether oxygens (including phenoxy) is 2. The lowest BCUT2D eigenvalue weighted by Gasteiger charge is -2.14. The van der Waals surface area contributed by atoms with E-state index in [1.165, 1.54) is 0 Å². The number of hydrogen-bond acceptors (Lipinski definition) is 4. The van der Waals surface area contributed by atoms with E-state index in [2.05, 4.69) is 33.5 Å². The minimum Gasteiger partial charge on any atom is -0.494 e. The molecule has 0 spiro atoms. The first-order valence-corrected chi connectivity index (χ1v) is 9.56. The highest BCUT2D eigenvalue weighted by Crippen LogP contribution is 2.35. The monoisotopic (exact) mass is 418 g/mol. The average molecular weight is 419 g/mol. The Hall–Kier alpha value is -2.21. The minimum absolute atomic E-state index is 0.0786. The van der Waals surface area contributed by atoms with Gasteiger partial charge in [0.05, 0.1) is 13.2 Å². The van der Waals surface area contributed by atoms with E-state index in [9.17, 15) is 4.79 Å². The molecule has 0 unspecified atom stereocenters. The molecule has 2 N–H and O–H groups in total. The largest absolute Gasteiger partial charge is 0.494 e. The van der Waals surface area contributed by atoms with Crippen molar-refractivity contribution in [1.82, 2.24) is 5.32 Å². The maximum Gasteiger partial charge on any atom is 0.239 e. The van der Waals surface area contributed by atoms with Gasteiger partial charge >= 0.3 is 0 Å². The maximum atomic E-state index is 12.2. The van der Waals surface area contributed by atoms with Crippen molar-refractivity contribution < 1.29 is 14.3 Å². The number of halogens is 1. The zero-order valence-electron chi connectivity index (χ0n) is 15.0. The second kappa shape index (κ2) is 8.45. The number of carbonyl (C=O) groups is 1. The molecule has 0 bridgehead atoms. The van der Waals surface area contributed by atoms with E-state index in [4.69, 9.17) is 9.47 Å².